The molecule has 8 nitrogen and oxygen atoms in total. The van der Waals surface area contributed by atoms with Crippen molar-refractivity contribution in [2.24, 2.45) is 0 Å². The lowest BCUT2D eigenvalue weighted by Gasteiger charge is -2.32. The number of carbonyl (C=O) groups excluding carboxylic acids is 2. The van der Waals surface area contributed by atoms with E-state index in [0.717, 1.165) is 9.87 Å². The standard InChI is InChI=1S/C29H33Cl2N3O5S/c1-19(2)32-29(36)21(4)33(17-25-26(30)10-7-11-27(25)31)28(35)18-34(22-8-6-9-23(16-22)39-5)40(37,38)24-14-12-20(3)13-15-24/h6-16,19,21H,17-18H2,1-5H3,(H,32,36)/t21-/m1/s1. The first-order valence-corrected chi connectivity index (χ1v) is 14.8. The first-order chi connectivity index (χ1) is 18.8. The number of carbonyl (C=O) groups is 2. The zero-order valence-electron chi connectivity index (χ0n) is 23.0. The maximum Gasteiger partial charge on any atom is 0.264 e. The highest BCUT2D eigenvalue weighted by Gasteiger charge is 2.33. The van der Waals surface area contributed by atoms with Gasteiger partial charge in [-0.15, -0.1) is 0 Å². The Hall–Kier alpha value is -3.27. The molecule has 1 N–H and O–H groups in total. The number of sulfonamides is 1. The number of rotatable bonds is 11. The van der Waals surface area contributed by atoms with E-state index in [1.165, 1.54) is 30.2 Å². The van der Waals surface area contributed by atoms with E-state index in [1.807, 2.05) is 6.92 Å². The maximum absolute atomic E-state index is 14.0. The van der Waals surface area contributed by atoms with Gasteiger partial charge >= 0.3 is 0 Å². The first-order valence-electron chi connectivity index (χ1n) is 12.6. The van der Waals surface area contributed by atoms with Crippen LogP contribution in [0.4, 0.5) is 5.69 Å². The SMILES string of the molecule is COc1cccc(N(CC(=O)N(Cc2c(Cl)cccc2Cl)[C@H](C)C(=O)NC(C)C)S(=O)(=O)c2ccc(C)cc2)c1. The Kier molecular flexibility index (Phi) is 10.5. The number of nitrogens with zero attached hydrogens (tertiary/aromatic N) is 2. The van der Waals surface area contributed by atoms with Gasteiger partial charge in [-0.2, -0.15) is 0 Å². The van der Waals surface area contributed by atoms with Gasteiger partial charge in [-0.1, -0.05) is 53.0 Å². The molecule has 0 aliphatic heterocycles. The van der Waals surface area contributed by atoms with Crippen molar-refractivity contribution >= 4 is 50.7 Å². The zero-order valence-corrected chi connectivity index (χ0v) is 25.3. The van der Waals surface area contributed by atoms with Crippen molar-refractivity contribution in [3.05, 3.63) is 87.9 Å². The molecule has 0 spiro atoms. The highest BCUT2D eigenvalue weighted by molar-refractivity contribution is 7.92. The topological polar surface area (TPSA) is 96.0 Å². The number of hydrogen-bond donors (Lipinski definition) is 1. The van der Waals surface area contributed by atoms with Crippen molar-refractivity contribution in [3.8, 4) is 5.75 Å². The summed E-state index contributed by atoms with van der Waals surface area (Å²) in [5, 5.41) is 3.44. The molecule has 40 heavy (non-hydrogen) atoms. The Balaban J connectivity index is 2.09. The number of hydrogen-bond acceptors (Lipinski definition) is 5. The molecule has 2 amide bonds. The van der Waals surface area contributed by atoms with Crippen molar-refractivity contribution in [2.45, 2.75) is 51.2 Å². The van der Waals surface area contributed by atoms with E-state index in [9.17, 15) is 18.0 Å². The molecule has 0 fully saturated rings. The summed E-state index contributed by atoms with van der Waals surface area (Å²) < 4.78 is 34.1. The molecule has 0 aromatic heterocycles. The molecule has 0 bridgehead atoms. The lowest BCUT2D eigenvalue weighted by molar-refractivity contribution is -0.139. The number of methoxy groups -OCH3 is 1. The Morgan fingerprint density at radius 2 is 1.55 bits per heavy atom. The van der Waals surface area contributed by atoms with Crippen LogP contribution < -0.4 is 14.4 Å². The number of anilines is 1. The minimum atomic E-state index is -4.20. The summed E-state index contributed by atoms with van der Waals surface area (Å²) in [6.45, 7) is 6.33. The molecule has 0 saturated heterocycles. The van der Waals surface area contributed by atoms with Crippen LogP contribution in [0.3, 0.4) is 0 Å². The van der Waals surface area contributed by atoms with E-state index in [1.54, 1.807) is 69.3 Å². The normalized spacial score (nSPS) is 12.1. The van der Waals surface area contributed by atoms with Gasteiger partial charge in [0, 0.05) is 34.3 Å². The number of ether oxygens (including phenoxy) is 1. The second kappa shape index (κ2) is 13.4. The number of halogens is 2. The Morgan fingerprint density at radius 1 is 0.950 bits per heavy atom. The van der Waals surface area contributed by atoms with Crippen molar-refractivity contribution in [1.82, 2.24) is 10.2 Å². The number of benzene rings is 3. The van der Waals surface area contributed by atoms with Gasteiger partial charge in [0.25, 0.3) is 10.0 Å². The number of amides is 2. The molecule has 3 aromatic carbocycles. The van der Waals surface area contributed by atoms with E-state index in [-0.39, 0.29) is 23.2 Å². The summed E-state index contributed by atoms with van der Waals surface area (Å²) in [6, 6.07) is 16.6. The molecule has 0 radical (unpaired) electrons. The predicted octanol–water partition coefficient (Wildman–Crippen LogP) is 5.45. The second-order valence-corrected chi connectivity index (χ2v) is 12.3. The van der Waals surface area contributed by atoms with Gasteiger partial charge in [-0.3, -0.25) is 13.9 Å². The first kappa shape index (κ1) is 31.3. The van der Waals surface area contributed by atoms with Crippen LogP contribution in [0.2, 0.25) is 10.0 Å². The fraction of sp³-hybridized carbons (Fsp3) is 0.310. The number of nitrogens with one attached hydrogen (secondary N) is 1. The van der Waals surface area contributed by atoms with Gasteiger partial charge in [-0.25, -0.2) is 8.42 Å². The van der Waals surface area contributed by atoms with Gasteiger partial charge in [0.1, 0.15) is 18.3 Å². The summed E-state index contributed by atoms with van der Waals surface area (Å²) in [5.41, 5.74) is 1.55. The van der Waals surface area contributed by atoms with Gasteiger partial charge in [0.05, 0.1) is 17.7 Å². The highest BCUT2D eigenvalue weighted by atomic mass is 35.5. The van der Waals surface area contributed by atoms with Crippen LogP contribution in [-0.4, -0.2) is 50.9 Å². The monoisotopic (exact) mass is 605 g/mol. The van der Waals surface area contributed by atoms with Crippen LogP contribution in [0.1, 0.15) is 31.9 Å². The zero-order chi connectivity index (χ0) is 29.6. The van der Waals surface area contributed by atoms with Crippen LogP contribution in [-0.2, 0) is 26.2 Å². The molecule has 3 aromatic rings. The minimum absolute atomic E-state index is 0.0139. The molecule has 0 unspecified atom stereocenters. The molecular weight excluding hydrogens is 573 g/mol. The van der Waals surface area contributed by atoms with Crippen molar-refractivity contribution in [2.75, 3.05) is 18.0 Å². The third-order valence-corrected chi connectivity index (χ3v) is 8.71. The lowest BCUT2D eigenvalue weighted by atomic mass is 10.1. The Bertz CT molecular complexity index is 1440. The third kappa shape index (κ3) is 7.47. The summed E-state index contributed by atoms with van der Waals surface area (Å²) in [4.78, 5) is 28.3. The predicted molar refractivity (Wildman–Crippen MR) is 158 cm³/mol. The van der Waals surface area contributed by atoms with Gasteiger partial charge in [0.2, 0.25) is 11.8 Å². The Morgan fingerprint density at radius 3 is 2.12 bits per heavy atom. The maximum atomic E-state index is 14.0. The fourth-order valence-corrected chi connectivity index (χ4v) is 5.90. The van der Waals surface area contributed by atoms with Gasteiger partial charge < -0.3 is 15.0 Å². The van der Waals surface area contributed by atoms with E-state index in [0.29, 0.717) is 21.4 Å². The van der Waals surface area contributed by atoms with Crippen molar-refractivity contribution in [1.29, 1.82) is 0 Å². The number of aryl methyl sites for hydroxylation is 1. The van der Waals surface area contributed by atoms with Crippen LogP contribution >= 0.6 is 23.2 Å². The quantitative estimate of drug-likeness (QED) is 0.313. The molecule has 0 heterocycles. The molecule has 1 atom stereocenters. The van der Waals surface area contributed by atoms with Crippen LogP contribution in [0.15, 0.2) is 71.6 Å². The van der Waals surface area contributed by atoms with Gasteiger partial charge in [-0.05, 0) is 64.1 Å². The van der Waals surface area contributed by atoms with Crippen molar-refractivity contribution < 1.29 is 22.7 Å². The second-order valence-electron chi connectivity index (χ2n) is 9.59. The van der Waals surface area contributed by atoms with E-state index in [2.05, 4.69) is 5.32 Å². The molecule has 0 aliphatic carbocycles. The van der Waals surface area contributed by atoms with E-state index >= 15 is 0 Å². The molecule has 3 rings (SSSR count). The fourth-order valence-electron chi connectivity index (χ4n) is 3.97. The summed E-state index contributed by atoms with van der Waals surface area (Å²) in [7, 11) is -2.74. The lowest BCUT2D eigenvalue weighted by Crippen LogP contribution is -2.52. The molecule has 0 aliphatic rings. The average Bonchev–Trinajstić information content (AvgIpc) is 2.91. The van der Waals surface area contributed by atoms with Gasteiger partial charge in [0.15, 0.2) is 0 Å². The highest BCUT2D eigenvalue weighted by Crippen LogP contribution is 2.29. The molecule has 214 valence electrons. The summed E-state index contributed by atoms with van der Waals surface area (Å²) in [5.74, 6) is -0.611. The molecule has 0 saturated carbocycles. The smallest absolute Gasteiger partial charge is 0.264 e. The minimum Gasteiger partial charge on any atom is -0.497 e. The van der Waals surface area contributed by atoms with Crippen LogP contribution in [0.25, 0.3) is 0 Å². The molecule has 11 heteroatoms. The Labute approximate surface area is 245 Å². The average molecular weight is 607 g/mol. The third-order valence-electron chi connectivity index (χ3n) is 6.22. The van der Waals surface area contributed by atoms with Crippen LogP contribution in [0.5, 0.6) is 5.75 Å². The van der Waals surface area contributed by atoms with Crippen LogP contribution in [0, 0.1) is 6.92 Å². The summed E-state index contributed by atoms with van der Waals surface area (Å²) >= 11 is 12.8. The molecular formula is C29H33Cl2N3O5S. The van der Waals surface area contributed by atoms with E-state index in [4.69, 9.17) is 27.9 Å². The van der Waals surface area contributed by atoms with Crippen molar-refractivity contribution in [3.63, 3.8) is 0 Å². The van der Waals surface area contributed by atoms with E-state index < -0.39 is 34.4 Å². The largest absolute Gasteiger partial charge is 0.497 e. The summed E-state index contributed by atoms with van der Waals surface area (Å²) in [6.07, 6.45) is 0.